The number of nitrogens with two attached hydrogens (primary N) is 1. The van der Waals surface area contributed by atoms with Crippen LogP contribution in [0, 0.1) is 5.41 Å². The van der Waals surface area contributed by atoms with Crippen molar-refractivity contribution in [2.45, 2.75) is 39.8 Å². The van der Waals surface area contributed by atoms with E-state index in [2.05, 4.69) is 42.6 Å². The summed E-state index contributed by atoms with van der Waals surface area (Å²) in [6.45, 7) is 9.96. The molecular formula is C13H23N5O. The summed E-state index contributed by atoms with van der Waals surface area (Å²) in [4.78, 5) is 10.4. The van der Waals surface area contributed by atoms with Gasteiger partial charge in [0.1, 0.15) is 18.1 Å². The highest BCUT2D eigenvalue weighted by atomic mass is 16.5. The van der Waals surface area contributed by atoms with Gasteiger partial charge in [-0.2, -0.15) is 4.98 Å². The third kappa shape index (κ3) is 4.82. The van der Waals surface area contributed by atoms with E-state index in [1.165, 1.54) is 0 Å². The molecule has 0 atom stereocenters. The lowest BCUT2D eigenvalue weighted by Gasteiger charge is -2.30. The van der Waals surface area contributed by atoms with E-state index in [0.29, 0.717) is 24.4 Å². The Morgan fingerprint density at radius 3 is 2.53 bits per heavy atom. The van der Waals surface area contributed by atoms with E-state index in [1.807, 2.05) is 0 Å². The number of nitrogen functional groups attached to an aromatic ring is 1. The van der Waals surface area contributed by atoms with Crippen LogP contribution in [-0.4, -0.2) is 45.9 Å². The van der Waals surface area contributed by atoms with Crippen LogP contribution < -0.4 is 10.5 Å². The second kappa shape index (κ2) is 7.04. The molecule has 3 N–H and O–H groups in total. The summed E-state index contributed by atoms with van der Waals surface area (Å²) in [6.07, 6.45) is 1.54. The van der Waals surface area contributed by atoms with Crippen molar-refractivity contribution >= 4 is 5.84 Å². The normalized spacial score (nSPS) is 11.3. The molecular weight excluding hydrogens is 242 g/mol. The van der Waals surface area contributed by atoms with E-state index in [4.69, 9.17) is 15.9 Å². The number of hydrogen-bond donors (Lipinski definition) is 2. The summed E-state index contributed by atoms with van der Waals surface area (Å²) >= 11 is 0. The van der Waals surface area contributed by atoms with Gasteiger partial charge in [0, 0.05) is 24.8 Å². The Balaban J connectivity index is 2.53. The summed E-state index contributed by atoms with van der Waals surface area (Å²) in [7, 11) is 0. The molecule has 0 amide bonds. The predicted octanol–water partition coefficient (Wildman–Crippen LogP) is 1.26. The van der Waals surface area contributed by atoms with Gasteiger partial charge in [0.15, 0.2) is 0 Å². The van der Waals surface area contributed by atoms with Gasteiger partial charge in [-0.25, -0.2) is 4.98 Å². The van der Waals surface area contributed by atoms with Crippen LogP contribution in [0.2, 0.25) is 0 Å². The van der Waals surface area contributed by atoms with Crippen molar-refractivity contribution < 1.29 is 4.74 Å². The highest BCUT2D eigenvalue weighted by molar-refractivity contribution is 5.92. The molecule has 19 heavy (non-hydrogen) atoms. The molecule has 0 bridgehead atoms. The van der Waals surface area contributed by atoms with Crippen molar-refractivity contribution in [3.05, 3.63) is 18.0 Å². The topological polar surface area (TPSA) is 88.1 Å². The molecule has 0 unspecified atom stereocenters. The number of hydrogen-bond acceptors (Lipinski definition) is 5. The SMILES string of the molecule is CC(C)N(CCOc1nccc(C(=N)N)n1)C(C)C. The lowest BCUT2D eigenvalue weighted by Crippen LogP contribution is -2.39. The molecule has 6 heteroatoms. The maximum Gasteiger partial charge on any atom is 0.317 e. The van der Waals surface area contributed by atoms with E-state index >= 15 is 0 Å². The van der Waals surface area contributed by atoms with Crippen LogP contribution in [0.15, 0.2) is 12.3 Å². The monoisotopic (exact) mass is 265 g/mol. The fourth-order valence-electron chi connectivity index (χ4n) is 1.92. The minimum absolute atomic E-state index is 0.0850. The summed E-state index contributed by atoms with van der Waals surface area (Å²) < 4.78 is 5.51. The van der Waals surface area contributed by atoms with Gasteiger partial charge in [-0.3, -0.25) is 10.3 Å². The zero-order chi connectivity index (χ0) is 14.4. The van der Waals surface area contributed by atoms with Gasteiger partial charge >= 0.3 is 6.01 Å². The fourth-order valence-corrected chi connectivity index (χ4v) is 1.92. The van der Waals surface area contributed by atoms with Gasteiger partial charge in [0.25, 0.3) is 0 Å². The summed E-state index contributed by atoms with van der Waals surface area (Å²) in [5.41, 5.74) is 5.75. The zero-order valence-corrected chi connectivity index (χ0v) is 12.1. The Kier molecular flexibility index (Phi) is 5.69. The number of aromatic nitrogens is 2. The smallest absolute Gasteiger partial charge is 0.317 e. The molecule has 0 spiro atoms. The second-order valence-corrected chi connectivity index (χ2v) is 4.91. The quantitative estimate of drug-likeness (QED) is 0.572. The predicted molar refractivity (Wildman–Crippen MR) is 75.5 cm³/mol. The van der Waals surface area contributed by atoms with E-state index in [9.17, 15) is 0 Å². The lowest BCUT2D eigenvalue weighted by molar-refractivity contribution is 0.138. The van der Waals surface area contributed by atoms with Crippen LogP contribution in [-0.2, 0) is 0 Å². The van der Waals surface area contributed by atoms with Crippen molar-refractivity contribution in [2.24, 2.45) is 5.73 Å². The molecule has 0 saturated carbocycles. The Bertz CT molecular complexity index is 411. The lowest BCUT2D eigenvalue weighted by atomic mass is 10.2. The number of ether oxygens (including phenoxy) is 1. The van der Waals surface area contributed by atoms with Crippen LogP contribution in [0.3, 0.4) is 0 Å². The molecule has 0 aliphatic carbocycles. The van der Waals surface area contributed by atoms with Crippen molar-refractivity contribution in [1.82, 2.24) is 14.9 Å². The molecule has 0 radical (unpaired) electrons. The number of nitrogens with zero attached hydrogens (tertiary/aromatic N) is 3. The van der Waals surface area contributed by atoms with Crippen molar-refractivity contribution in [2.75, 3.05) is 13.2 Å². The first-order valence-electron chi connectivity index (χ1n) is 6.47. The largest absolute Gasteiger partial charge is 0.462 e. The van der Waals surface area contributed by atoms with Gasteiger partial charge in [0.2, 0.25) is 0 Å². The van der Waals surface area contributed by atoms with Crippen LogP contribution in [0.1, 0.15) is 33.4 Å². The van der Waals surface area contributed by atoms with Crippen LogP contribution in [0.4, 0.5) is 0 Å². The van der Waals surface area contributed by atoms with Gasteiger partial charge < -0.3 is 10.5 Å². The second-order valence-electron chi connectivity index (χ2n) is 4.91. The Morgan fingerprint density at radius 2 is 2.00 bits per heavy atom. The summed E-state index contributed by atoms with van der Waals surface area (Å²) in [5.74, 6) is -0.0850. The molecule has 0 fully saturated rings. The highest BCUT2D eigenvalue weighted by Gasteiger charge is 2.13. The molecule has 0 aromatic carbocycles. The zero-order valence-electron chi connectivity index (χ0n) is 12.1. The highest BCUT2D eigenvalue weighted by Crippen LogP contribution is 2.06. The first-order valence-corrected chi connectivity index (χ1v) is 6.47. The Labute approximate surface area is 114 Å². The fraction of sp³-hybridized carbons (Fsp3) is 0.615. The summed E-state index contributed by atoms with van der Waals surface area (Å²) in [5, 5.41) is 7.31. The standard InChI is InChI=1S/C13H23N5O/c1-9(2)18(10(3)4)7-8-19-13-16-6-5-11(17-13)12(14)15/h5-6,9-10H,7-8H2,1-4H3,(H3,14,15). The van der Waals surface area contributed by atoms with Crippen LogP contribution >= 0.6 is 0 Å². The molecule has 1 aromatic heterocycles. The van der Waals surface area contributed by atoms with E-state index in [1.54, 1.807) is 12.3 Å². The molecule has 0 saturated heterocycles. The molecule has 106 valence electrons. The molecule has 1 aromatic rings. The third-order valence-corrected chi connectivity index (χ3v) is 2.82. The van der Waals surface area contributed by atoms with Crippen LogP contribution in [0.5, 0.6) is 6.01 Å². The number of rotatable bonds is 7. The number of nitrogens with one attached hydrogen (secondary N) is 1. The molecule has 0 aliphatic rings. The third-order valence-electron chi connectivity index (χ3n) is 2.82. The Hall–Kier alpha value is -1.69. The summed E-state index contributed by atoms with van der Waals surface area (Å²) in [6, 6.07) is 2.78. The molecule has 1 heterocycles. The maximum absolute atomic E-state index is 7.31. The minimum Gasteiger partial charge on any atom is -0.462 e. The van der Waals surface area contributed by atoms with E-state index in [-0.39, 0.29) is 11.8 Å². The molecule has 0 aliphatic heterocycles. The van der Waals surface area contributed by atoms with Gasteiger partial charge in [0.05, 0.1) is 0 Å². The first kappa shape index (κ1) is 15.4. The van der Waals surface area contributed by atoms with Gasteiger partial charge in [-0.05, 0) is 33.8 Å². The van der Waals surface area contributed by atoms with Crippen molar-refractivity contribution in [3.8, 4) is 6.01 Å². The average molecular weight is 265 g/mol. The van der Waals surface area contributed by atoms with Crippen LogP contribution in [0.25, 0.3) is 0 Å². The van der Waals surface area contributed by atoms with Crippen molar-refractivity contribution in [3.63, 3.8) is 0 Å². The van der Waals surface area contributed by atoms with E-state index in [0.717, 1.165) is 6.54 Å². The van der Waals surface area contributed by atoms with E-state index < -0.39 is 0 Å². The van der Waals surface area contributed by atoms with Gasteiger partial charge in [-0.1, -0.05) is 0 Å². The molecule has 1 rings (SSSR count). The molecule has 6 nitrogen and oxygen atoms in total. The average Bonchev–Trinajstić information content (AvgIpc) is 2.34. The Morgan fingerprint density at radius 1 is 1.37 bits per heavy atom. The first-order chi connectivity index (χ1) is 8.91. The van der Waals surface area contributed by atoms with Gasteiger partial charge in [-0.15, -0.1) is 0 Å². The van der Waals surface area contributed by atoms with Crippen molar-refractivity contribution in [1.29, 1.82) is 5.41 Å². The minimum atomic E-state index is -0.0850. The number of amidine groups is 1. The maximum atomic E-state index is 7.31.